The monoisotopic (exact) mass is 487 g/mol. The minimum absolute atomic E-state index is 0.0287. The molecule has 0 saturated carbocycles. The van der Waals surface area contributed by atoms with Crippen LogP contribution in [0.15, 0.2) is 44.8 Å². The molecule has 2 aliphatic rings. The van der Waals surface area contributed by atoms with Crippen LogP contribution in [0.3, 0.4) is 0 Å². The van der Waals surface area contributed by atoms with Gasteiger partial charge in [0, 0.05) is 26.2 Å². The highest BCUT2D eigenvalue weighted by molar-refractivity contribution is 7.94. The summed E-state index contributed by atoms with van der Waals surface area (Å²) in [5.74, 6) is 0. The Bertz CT molecular complexity index is 1090. The average molecular weight is 488 g/mol. The standard InChI is InChI=1S/C19H25N3O6S3/c23-30(24,19-4-2-12-29-19)21-18-13-16(31(25,26)22-7-10-27-11-8-22)5-6-17(18)20-14-15-3-1-9-28-15/h2,4-6,12-13,15,20-21H,1,3,7-11,14H2. The largest absolute Gasteiger partial charge is 0.381 e. The maximum Gasteiger partial charge on any atom is 0.271 e. The van der Waals surface area contributed by atoms with Crippen LogP contribution in [0, 0.1) is 0 Å². The first-order chi connectivity index (χ1) is 14.9. The van der Waals surface area contributed by atoms with Gasteiger partial charge in [0.2, 0.25) is 10.0 Å². The number of nitrogens with one attached hydrogen (secondary N) is 2. The Morgan fingerprint density at radius 1 is 1.06 bits per heavy atom. The van der Waals surface area contributed by atoms with Crippen LogP contribution < -0.4 is 10.0 Å². The van der Waals surface area contributed by atoms with Crippen molar-refractivity contribution in [1.82, 2.24) is 4.31 Å². The molecule has 0 aliphatic carbocycles. The van der Waals surface area contributed by atoms with E-state index in [0.29, 0.717) is 32.1 Å². The van der Waals surface area contributed by atoms with Crippen LogP contribution in [0.1, 0.15) is 12.8 Å². The lowest BCUT2D eigenvalue weighted by Gasteiger charge is -2.26. The first kappa shape index (κ1) is 22.5. The maximum atomic E-state index is 13.1. The second-order valence-electron chi connectivity index (χ2n) is 7.28. The Labute approximate surface area is 186 Å². The summed E-state index contributed by atoms with van der Waals surface area (Å²) in [4.78, 5) is 0.0287. The number of benzene rings is 1. The number of rotatable bonds is 8. The highest BCUT2D eigenvalue weighted by Crippen LogP contribution is 2.31. The molecule has 3 heterocycles. The van der Waals surface area contributed by atoms with Crippen LogP contribution in [0.4, 0.5) is 11.4 Å². The van der Waals surface area contributed by atoms with E-state index in [2.05, 4.69) is 10.0 Å². The van der Waals surface area contributed by atoms with Gasteiger partial charge in [0.15, 0.2) is 0 Å². The molecule has 9 nitrogen and oxygen atoms in total. The average Bonchev–Trinajstić information content (AvgIpc) is 3.48. The van der Waals surface area contributed by atoms with Crippen LogP contribution in [0.25, 0.3) is 0 Å². The van der Waals surface area contributed by atoms with Crippen molar-refractivity contribution in [1.29, 1.82) is 0 Å². The molecule has 1 aromatic heterocycles. The normalized spacial score (nSPS) is 20.6. The molecule has 31 heavy (non-hydrogen) atoms. The van der Waals surface area contributed by atoms with Crippen molar-refractivity contribution in [2.24, 2.45) is 0 Å². The van der Waals surface area contributed by atoms with Crippen molar-refractivity contribution in [2.45, 2.75) is 28.1 Å². The quantitative estimate of drug-likeness (QED) is 0.586. The Morgan fingerprint density at radius 3 is 2.55 bits per heavy atom. The Hall–Kier alpha value is -1.70. The Morgan fingerprint density at radius 2 is 1.87 bits per heavy atom. The van der Waals surface area contributed by atoms with Gasteiger partial charge in [0.1, 0.15) is 4.21 Å². The number of ether oxygens (including phenoxy) is 2. The number of hydrogen-bond donors (Lipinski definition) is 2. The summed E-state index contributed by atoms with van der Waals surface area (Å²) in [6.45, 7) is 2.40. The third-order valence-electron chi connectivity index (χ3n) is 5.15. The molecule has 0 radical (unpaired) electrons. The molecular weight excluding hydrogens is 462 g/mol. The highest BCUT2D eigenvalue weighted by Gasteiger charge is 2.28. The zero-order chi connectivity index (χ0) is 21.9. The molecule has 1 atom stereocenters. The predicted molar refractivity (Wildman–Crippen MR) is 119 cm³/mol. The fourth-order valence-electron chi connectivity index (χ4n) is 3.50. The number of thiophene rings is 1. The van der Waals surface area contributed by atoms with E-state index in [1.54, 1.807) is 17.5 Å². The van der Waals surface area contributed by atoms with Crippen molar-refractivity contribution < 1.29 is 26.3 Å². The molecule has 2 aliphatic heterocycles. The van der Waals surface area contributed by atoms with Gasteiger partial charge in [-0.05, 0) is 42.5 Å². The lowest BCUT2D eigenvalue weighted by atomic mass is 10.2. The van der Waals surface area contributed by atoms with Gasteiger partial charge in [0.25, 0.3) is 10.0 Å². The highest BCUT2D eigenvalue weighted by atomic mass is 32.2. The van der Waals surface area contributed by atoms with E-state index >= 15 is 0 Å². The van der Waals surface area contributed by atoms with Crippen LogP contribution in [0.2, 0.25) is 0 Å². The van der Waals surface area contributed by atoms with Gasteiger partial charge in [-0.2, -0.15) is 4.31 Å². The summed E-state index contributed by atoms with van der Waals surface area (Å²) >= 11 is 1.09. The van der Waals surface area contributed by atoms with E-state index in [-0.39, 0.29) is 34.0 Å². The van der Waals surface area contributed by atoms with Gasteiger partial charge >= 0.3 is 0 Å². The van der Waals surface area contributed by atoms with E-state index in [0.717, 1.165) is 24.2 Å². The fraction of sp³-hybridized carbons (Fsp3) is 0.474. The number of anilines is 2. The van der Waals surface area contributed by atoms with Crippen LogP contribution in [-0.4, -0.2) is 66.7 Å². The van der Waals surface area contributed by atoms with Crippen LogP contribution >= 0.6 is 11.3 Å². The molecule has 0 spiro atoms. The predicted octanol–water partition coefficient (Wildman–Crippen LogP) is 2.16. The first-order valence-corrected chi connectivity index (χ1v) is 13.8. The fourth-order valence-corrected chi connectivity index (χ4v) is 7.00. The van der Waals surface area contributed by atoms with Crippen LogP contribution in [0.5, 0.6) is 0 Å². The molecule has 2 N–H and O–H groups in total. The van der Waals surface area contributed by atoms with Gasteiger partial charge in [-0.25, -0.2) is 16.8 Å². The first-order valence-electron chi connectivity index (χ1n) is 10.00. The van der Waals surface area contributed by atoms with Gasteiger partial charge in [-0.3, -0.25) is 4.72 Å². The molecule has 170 valence electrons. The minimum atomic E-state index is -3.85. The summed E-state index contributed by atoms with van der Waals surface area (Å²) in [5.41, 5.74) is 0.678. The van der Waals surface area contributed by atoms with Crippen molar-refractivity contribution in [2.75, 3.05) is 49.5 Å². The van der Waals surface area contributed by atoms with Crippen molar-refractivity contribution in [3.63, 3.8) is 0 Å². The van der Waals surface area contributed by atoms with E-state index in [9.17, 15) is 16.8 Å². The number of nitrogens with zero attached hydrogens (tertiary/aromatic N) is 1. The zero-order valence-electron chi connectivity index (χ0n) is 16.8. The summed E-state index contributed by atoms with van der Waals surface area (Å²) in [6.07, 6.45) is 1.95. The van der Waals surface area contributed by atoms with E-state index < -0.39 is 20.0 Å². The maximum absolute atomic E-state index is 13.1. The lowest BCUT2D eigenvalue weighted by Crippen LogP contribution is -2.40. The molecule has 12 heteroatoms. The summed E-state index contributed by atoms with van der Waals surface area (Å²) in [6, 6.07) is 7.60. The number of hydrogen-bond acceptors (Lipinski definition) is 8. The summed E-state index contributed by atoms with van der Waals surface area (Å²) in [5, 5.41) is 4.88. The van der Waals surface area contributed by atoms with E-state index in [1.165, 1.54) is 22.5 Å². The number of morpholine rings is 1. The molecule has 4 rings (SSSR count). The van der Waals surface area contributed by atoms with Gasteiger partial charge in [-0.15, -0.1) is 11.3 Å². The molecule has 2 aromatic rings. The second-order valence-corrected chi connectivity index (χ2v) is 12.1. The van der Waals surface area contributed by atoms with Crippen LogP contribution in [-0.2, 0) is 29.5 Å². The summed E-state index contributed by atoms with van der Waals surface area (Å²) < 4.78 is 66.7. The second kappa shape index (κ2) is 9.43. The van der Waals surface area contributed by atoms with Gasteiger partial charge < -0.3 is 14.8 Å². The SMILES string of the molecule is O=S(=O)(Nc1cc(S(=O)(=O)N2CCOCC2)ccc1NCC1CCCO1)c1cccs1. The van der Waals surface area contributed by atoms with Crippen molar-refractivity contribution >= 4 is 42.8 Å². The Balaban J connectivity index is 1.64. The molecule has 2 fully saturated rings. The summed E-state index contributed by atoms with van der Waals surface area (Å²) in [7, 11) is -7.62. The van der Waals surface area contributed by atoms with E-state index in [1.807, 2.05) is 0 Å². The van der Waals surface area contributed by atoms with E-state index in [4.69, 9.17) is 9.47 Å². The third kappa shape index (κ3) is 5.21. The minimum Gasteiger partial charge on any atom is -0.381 e. The molecule has 2 saturated heterocycles. The number of sulfonamides is 2. The molecule has 1 aromatic carbocycles. The molecule has 0 bridgehead atoms. The van der Waals surface area contributed by atoms with Gasteiger partial charge in [0.05, 0.1) is 35.6 Å². The molecule has 0 amide bonds. The molecule has 1 unspecified atom stereocenters. The Kier molecular flexibility index (Phi) is 6.84. The van der Waals surface area contributed by atoms with Crippen molar-refractivity contribution in [3.8, 4) is 0 Å². The topological polar surface area (TPSA) is 114 Å². The molecular formula is C19H25N3O6S3. The lowest BCUT2D eigenvalue weighted by molar-refractivity contribution is 0.0730. The zero-order valence-corrected chi connectivity index (χ0v) is 19.3. The van der Waals surface area contributed by atoms with Gasteiger partial charge in [-0.1, -0.05) is 6.07 Å². The smallest absolute Gasteiger partial charge is 0.271 e. The third-order valence-corrected chi connectivity index (χ3v) is 9.80. The van der Waals surface area contributed by atoms with Crippen molar-refractivity contribution in [3.05, 3.63) is 35.7 Å².